The third-order valence-corrected chi connectivity index (χ3v) is 2.56. The second kappa shape index (κ2) is 5.79. The Morgan fingerprint density at radius 2 is 1.70 bits per heavy atom. The number of nitrogens with zero attached hydrogens (tertiary/aromatic N) is 3. The molecule has 0 fully saturated rings. The summed E-state index contributed by atoms with van der Waals surface area (Å²) >= 11 is 0. The van der Waals surface area contributed by atoms with E-state index in [1.165, 1.54) is 12.1 Å². The average Bonchev–Trinajstić information content (AvgIpc) is 2.46. The van der Waals surface area contributed by atoms with E-state index in [1.54, 1.807) is 37.4 Å². The lowest BCUT2D eigenvalue weighted by molar-refractivity contribution is -0.383. The van der Waals surface area contributed by atoms with Crippen molar-refractivity contribution in [2.24, 2.45) is 10.2 Å². The van der Waals surface area contributed by atoms with Gasteiger partial charge in [0.05, 0.1) is 23.4 Å². The van der Waals surface area contributed by atoms with Gasteiger partial charge in [0, 0.05) is 6.07 Å². The lowest BCUT2D eigenvalue weighted by Gasteiger charge is -1.99. The number of anilines is 1. The largest absolute Gasteiger partial charge is 0.497 e. The Balaban J connectivity index is 2.22. The molecule has 0 aliphatic rings. The highest BCUT2D eigenvalue weighted by Crippen LogP contribution is 2.28. The van der Waals surface area contributed by atoms with E-state index < -0.39 is 4.92 Å². The molecule has 0 aliphatic carbocycles. The van der Waals surface area contributed by atoms with Gasteiger partial charge in [-0.15, -0.1) is 0 Å². The van der Waals surface area contributed by atoms with Crippen molar-refractivity contribution in [3.63, 3.8) is 0 Å². The molecule has 102 valence electrons. The van der Waals surface area contributed by atoms with Crippen molar-refractivity contribution in [3.8, 4) is 5.75 Å². The van der Waals surface area contributed by atoms with Gasteiger partial charge in [0.15, 0.2) is 0 Å². The van der Waals surface area contributed by atoms with Gasteiger partial charge in [0.25, 0.3) is 5.69 Å². The Hall–Kier alpha value is -2.96. The predicted molar refractivity (Wildman–Crippen MR) is 74.7 cm³/mol. The Morgan fingerprint density at radius 1 is 1.10 bits per heavy atom. The van der Waals surface area contributed by atoms with Crippen LogP contribution in [0.25, 0.3) is 0 Å². The van der Waals surface area contributed by atoms with E-state index in [9.17, 15) is 10.1 Å². The van der Waals surface area contributed by atoms with Gasteiger partial charge in [0.1, 0.15) is 11.4 Å². The van der Waals surface area contributed by atoms with Crippen molar-refractivity contribution >= 4 is 22.7 Å². The molecule has 0 heterocycles. The first-order valence-electron chi connectivity index (χ1n) is 5.70. The van der Waals surface area contributed by atoms with Crippen molar-refractivity contribution in [1.82, 2.24) is 0 Å². The Bertz CT molecular complexity index is 653. The van der Waals surface area contributed by atoms with E-state index in [0.29, 0.717) is 17.1 Å². The first-order chi connectivity index (χ1) is 9.60. The molecule has 0 bridgehead atoms. The van der Waals surface area contributed by atoms with E-state index in [1.807, 2.05) is 0 Å². The number of benzene rings is 2. The van der Waals surface area contributed by atoms with Gasteiger partial charge in [0.2, 0.25) is 0 Å². The molecule has 0 unspecified atom stereocenters. The summed E-state index contributed by atoms with van der Waals surface area (Å²) in [7, 11) is 1.57. The van der Waals surface area contributed by atoms with Crippen molar-refractivity contribution in [1.29, 1.82) is 0 Å². The van der Waals surface area contributed by atoms with Gasteiger partial charge >= 0.3 is 0 Å². The minimum absolute atomic E-state index is 0.0957. The van der Waals surface area contributed by atoms with Crippen LogP contribution in [-0.2, 0) is 0 Å². The monoisotopic (exact) mass is 272 g/mol. The summed E-state index contributed by atoms with van der Waals surface area (Å²) in [6.45, 7) is 0. The van der Waals surface area contributed by atoms with Crippen LogP contribution < -0.4 is 10.5 Å². The number of hydrogen-bond acceptors (Lipinski definition) is 6. The van der Waals surface area contributed by atoms with Crippen LogP contribution in [0.2, 0.25) is 0 Å². The highest BCUT2D eigenvalue weighted by molar-refractivity contribution is 5.63. The van der Waals surface area contributed by atoms with Gasteiger partial charge < -0.3 is 10.5 Å². The molecule has 2 rings (SSSR count). The lowest BCUT2D eigenvalue weighted by Crippen LogP contribution is -1.94. The zero-order valence-corrected chi connectivity index (χ0v) is 10.7. The molecular formula is C13H12N4O3. The first-order valence-corrected chi connectivity index (χ1v) is 5.70. The summed E-state index contributed by atoms with van der Waals surface area (Å²) < 4.78 is 5.03. The third-order valence-electron chi connectivity index (χ3n) is 2.56. The second-order valence-corrected chi connectivity index (χ2v) is 3.90. The summed E-state index contributed by atoms with van der Waals surface area (Å²) in [4.78, 5) is 10.2. The molecule has 0 aliphatic heterocycles. The summed E-state index contributed by atoms with van der Waals surface area (Å²) in [5.74, 6) is 0.715. The van der Waals surface area contributed by atoms with E-state index >= 15 is 0 Å². The summed E-state index contributed by atoms with van der Waals surface area (Å²) in [5.41, 5.74) is 6.39. The molecule has 0 saturated heterocycles. The fourth-order valence-electron chi connectivity index (χ4n) is 1.52. The highest BCUT2D eigenvalue weighted by Gasteiger charge is 2.11. The summed E-state index contributed by atoms with van der Waals surface area (Å²) in [5, 5.41) is 18.7. The van der Waals surface area contributed by atoms with Crippen LogP contribution in [0.1, 0.15) is 0 Å². The molecule has 7 nitrogen and oxygen atoms in total. The fourth-order valence-corrected chi connectivity index (χ4v) is 1.52. The topological polar surface area (TPSA) is 103 Å². The van der Waals surface area contributed by atoms with E-state index in [4.69, 9.17) is 10.5 Å². The van der Waals surface area contributed by atoms with Gasteiger partial charge in [-0.1, -0.05) is 0 Å². The number of nitrogen functional groups attached to an aromatic ring is 1. The molecule has 0 saturated carbocycles. The zero-order chi connectivity index (χ0) is 14.5. The minimum atomic E-state index is -0.554. The van der Waals surface area contributed by atoms with Crippen LogP contribution in [0.5, 0.6) is 5.75 Å². The average molecular weight is 272 g/mol. The maximum absolute atomic E-state index is 10.8. The number of nitro groups is 1. The number of methoxy groups -OCH3 is 1. The number of nitrogens with two attached hydrogens (primary N) is 1. The smallest absolute Gasteiger partial charge is 0.294 e. The molecule has 0 spiro atoms. The van der Waals surface area contributed by atoms with E-state index in [0.717, 1.165) is 0 Å². The Kier molecular flexibility index (Phi) is 3.90. The van der Waals surface area contributed by atoms with Crippen molar-refractivity contribution in [2.75, 3.05) is 12.8 Å². The highest BCUT2D eigenvalue weighted by atomic mass is 16.6. The number of ether oxygens (including phenoxy) is 1. The number of azo groups is 1. The molecule has 2 aromatic rings. The molecule has 7 heteroatoms. The van der Waals surface area contributed by atoms with Crippen molar-refractivity contribution in [2.45, 2.75) is 0 Å². The van der Waals surface area contributed by atoms with Crippen LogP contribution in [0, 0.1) is 10.1 Å². The zero-order valence-electron chi connectivity index (χ0n) is 10.7. The van der Waals surface area contributed by atoms with Crippen LogP contribution in [-0.4, -0.2) is 12.0 Å². The van der Waals surface area contributed by atoms with Gasteiger partial charge in [-0.25, -0.2) is 0 Å². The lowest BCUT2D eigenvalue weighted by atomic mass is 10.2. The normalized spacial score (nSPS) is 10.7. The third kappa shape index (κ3) is 3.08. The van der Waals surface area contributed by atoms with Gasteiger partial charge in [-0.05, 0) is 36.4 Å². The van der Waals surface area contributed by atoms with Crippen molar-refractivity contribution in [3.05, 3.63) is 52.6 Å². The van der Waals surface area contributed by atoms with Crippen LogP contribution >= 0.6 is 0 Å². The van der Waals surface area contributed by atoms with Crippen LogP contribution in [0.3, 0.4) is 0 Å². The molecule has 0 amide bonds. The van der Waals surface area contributed by atoms with Crippen LogP contribution in [0.15, 0.2) is 52.7 Å². The minimum Gasteiger partial charge on any atom is -0.497 e. The summed E-state index contributed by atoms with van der Waals surface area (Å²) in [6, 6.07) is 11.2. The molecule has 0 radical (unpaired) electrons. The number of hydrogen-bond donors (Lipinski definition) is 1. The fraction of sp³-hybridized carbons (Fsp3) is 0.0769. The first kappa shape index (κ1) is 13.5. The van der Waals surface area contributed by atoms with Gasteiger partial charge in [-0.2, -0.15) is 10.2 Å². The standard InChI is InChI=1S/C13H12N4O3/c1-20-11-5-2-9(3-6-11)15-16-10-4-7-12(14)13(8-10)17(18)19/h2-8H,14H2,1H3/b16-15+. The molecule has 0 aromatic heterocycles. The number of rotatable bonds is 4. The van der Waals surface area contributed by atoms with Crippen LogP contribution in [0.4, 0.5) is 22.7 Å². The quantitative estimate of drug-likeness (QED) is 0.397. The molecular weight excluding hydrogens is 260 g/mol. The molecule has 0 atom stereocenters. The van der Waals surface area contributed by atoms with E-state index in [-0.39, 0.29) is 11.4 Å². The Morgan fingerprint density at radius 3 is 2.30 bits per heavy atom. The van der Waals surface area contributed by atoms with E-state index in [2.05, 4.69) is 10.2 Å². The Labute approximate surface area is 114 Å². The SMILES string of the molecule is COc1ccc(/N=N/c2ccc(N)c([N+](=O)[O-])c2)cc1. The molecule has 2 N–H and O–H groups in total. The molecule has 20 heavy (non-hydrogen) atoms. The summed E-state index contributed by atoms with van der Waals surface area (Å²) in [6.07, 6.45) is 0. The second-order valence-electron chi connectivity index (χ2n) is 3.90. The van der Waals surface area contributed by atoms with Crippen molar-refractivity contribution < 1.29 is 9.66 Å². The van der Waals surface area contributed by atoms with Gasteiger partial charge in [-0.3, -0.25) is 10.1 Å². The maximum Gasteiger partial charge on any atom is 0.294 e. The molecule has 2 aromatic carbocycles. The predicted octanol–water partition coefficient (Wildman–Crippen LogP) is 3.60. The number of nitro benzene ring substituents is 1. The maximum atomic E-state index is 10.8.